The Bertz CT molecular complexity index is 4120. The predicted octanol–water partition coefficient (Wildman–Crippen LogP) is 14.3. The number of esters is 1. The quantitative estimate of drug-likeness (QED) is 0.00788. The Morgan fingerprint density at radius 1 is 0.475 bits per heavy atom. The van der Waals surface area contributed by atoms with Crippen LogP contribution in [0.1, 0.15) is 96.5 Å². The number of carboxylic acid groups (broad SMARTS) is 1. The van der Waals surface area contributed by atoms with Crippen molar-refractivity contribution in [2.75, 3.05) is 68.8 Å². The van der Waals surface area contributed by atoms with Crippen LogP contribution in [0.25, 0.3) is 41.5 Å². The lowest BCUT2D eigenvalue weighted by Crippen LogP contribution is -2.27. The highest BCUT2D eigenvalue weighted by molar-refractivity contribution is 14.1. The number of ketones is 1. The van der Waals surface area contributed by atoms with Crippen LogP contribution in [0.2, 0.25) is 0 Å². The minimum absolute atomic E-state index is 0.0255. The zero-order valence-corrected chi connectivity index (χ0v) is 64.8. The fraction of sp³-hybridized carbons (Fsp3) is 0.256. The summed E-state index contributed by atoms with van der Waals surface area (Å²) in [7, 11) is 9.05. The number of hydrogen-bond acceptors (Lipinski definition) is 16. The van der Waals surface area contributed by atoms with E-state index in [1.807, 2.05) is 113 Å². The molecule has 536 valence electrons. The number of phenols is 2. The molecule has 0 saturated carbocycles. The number of halogens is 3. The largest absolute Gasteiger partial charge is 0.504 e. The molecule has 0 spiro atoms. The second-order valence-electron chi connectivity index (χ2n) is 22.8. The summed E-state index contributed by atoms with van der Waals surface area (Å²) in [4.78, 5) is 71.9. The summed E-state index contributed by atoms with van der Waals surface area (Å²) in [5.74, 6) is 0.730. The minimum atomic E-state index is -1.10. The van der Waals surface area contributed by atoms with E-state index < -0.39 is 11.6 Å². The monoisotopic (exact) mass is 1720 g/mol. The molecule has 7 rings (SSSR count). The van der Waals surface area contributed by atoms with Gasteiger partial charge < -0.3 is 70.2 Å². The number of aryl methyl sites for hydroxylation is 2. The number of Topliss-reactive ketones (excluding diaryl/α,β-unsaturated/α-hetero) is 1. The summed E-state index contributed by atoms with van der Waals surface area (Å²) in [6.45, 7) is 11.0. The first-order valence-corrected chi connectivity index (χ1v) is 34.9. The van der Waals surface area contributed by atoms with Crippen molar-refractivity contribution in [3.63, 3.8) is 0 Å². The first kappa shape index (κ1) is 84.2. The van der Waals surface area contributed by atoms with Gasteiger partial charge in [-0.1, -0.05) is 66.7 Å². The average molecular weight is 1720 g/mol. The summed E-state index contributed by atoms with van der Waals surface area (Å²) in [6.07, 6.45) is 14.6. The van der Waals surface area contributed by atoms with Crippen LogP contribution in [-0.2, 0) is 33.5 Å². The molecule has 0 radical (unpaired) electrons. The van der Waals surface area contributed by atoms with Gasteiger partial charge in [-0.15, -0.1) is 0 Å². The second-order valence-corrected chi connectivity index (χ2v) is 26.3. The lowest BCUT2D eigenvalue weighted by molar-refractivity contribution is -0.155. The molecule has 8 N–H and O–H groups in total. The number of benzene rings is 7. The van der Waals surface area contributed by atoms with Crippen LogP contribution in [0.3, 0.4) is 0 Å². The highest BCUT2D eigenvalue weighted by Gasteiger charge is 2.20. The van der Waals surface area contributed by atoms with Crippen molar-refractivity contribution in [3.8, 4) is 46.0 Å². The Hall–Kier alpha value is -9.19. The van der Waals surface area contributed by atoms with E-state index in [2.05, 4.69) is 83.7 Å². The first-order chi connectivity index (χ1) is 48.2. The number of carbonyl (C=O) groups excluding carboxylic acids is 5. The highest BCUT2D eigenvalue weighted by Crippen LogP contribution is 2.38. The zero-order valence-electron chi connectivity index (χ0n) is 58.3. The van der Waals surface area contributed by atoms with Crippen LogP contribution < -0.4 is 50.1 Å². The molecule has 3 amide bonds. The molecule has 0 unspecified atom stereocenters. The van der Waals surface area contributed by atoms with Crippen LogP contribution in [0, 0.1) is 24.6 Å². The van der Waals surface area contributed by atoms with E-state index in [4.69, 9.17) is 38.9 Å². The van der Waals surface area contributed by atoms with E-state index in [1.165, 1.54) is 58.8 Å². The number of phenolic OH excluding ortho intramolecular Hbond substituents is 2. The van der Waals surface area contributed by atoms with Crippen molar-refractivity contribution in [3.05, 3.63) is 212 Å². The summed E-state index contributed by atoms with van der Waals surface area (Å²) in [6, 6.07) is 40.0. The third-order valence-corrected chi connectivity index (χ3v) is 17.0. The first-order valence-electron chi connectivity index (χ1n) is 31.6. The fourth-order valence-electron chi connectivity index (χ4n) is 9.27. The van der Waals surface area contributed by atoms with Crippen LogP contribution in [0.4, 0.5) is 0 Å². The average Bonchev–Trinajstić information content (AvgIpc) is 0.815. The van der Waals surface area contributed by atoms with Crippen molar-refractivity contribution in [1.82, 2.24) is 16.0 Å². The van der Waals surface area contributed by atoms with Gasteiger partial charge in [0.1, 0.15) is 5.60 Å². The normalized spacial score (nSPS) is 11.2. The standard InChI is InChI=1S/C31H32INO6.C19H20O6.C17H22INO3.C11H13IN2O/c1-20-16-23(19-29(38-3)31(20)39-4)24(17-21-11-13-28(37-2)27(35)18-21)26(34)10-7-15-33-30(36)14-12-22-8-5-6-9-25(22)32;1-11-7-13(10-17(24-3)18(11)25-4)14(19(21)22)8-12-5-6-16(23-2)15(20)9-12;1-17(2,3)22-16(21)9-6-12-19-15(20)11-10-13-7-4-5-8-14(13)18;12-10-4-2-1-3-9(10)5-6-11(15)14-8-7-13/h5-6,8-9,11-14,16-19,35H,7,10,15H2,1-4H3,(H,33,36);5-10,20H,1-4H3,(H,21,22);4-5,7-8,10-11H,6,9,12H2,1-3H3,(H,19,20);1-6H,7-8,13H2,(H,14,15)/b14-12+,24-17+;14-8+;11-10+;6-5+. The molecule has 0 aromatic heterocycles. The van der Waals surface area contributed by atoms with Gasteiger partial charge in [0.25, 0.3) is 0 Å². The van der Waals surface area contributed by atoms with Crippen LogP contribution >= 0.6 is 67.8 Å². The van der Waals surface area contributed by atoms with E-state index >= 15 is 0 Å². The maximum Gasteiger partial charge on any atom is 0.336 e. The number of hydrogen-bond donors (Lipinski definition) is 7. The molecule has 23 heteroatoms. The number of aromatic hydroxyl groups is 2. The molecule has 7 aromatic rings. The van der Waals surface area contributed by atoms with Gasteiger partial charge in [-0.25, -0.2) is 4.79 Å². The lowest BCUT2D eigenvalue weighted by Gasteiger charge is -2.19. The van der Waals surface area contributed by atoms with Gasteiger partial charge in [0.15, 0.2) is 51.8 Å². The molecular formula is C78H87I3N4O16. The Labute approximate surface area is 631 Å². The van der Waals surface area contributed by atoms with E-state index in [9.17, 15) is 44.1 Å². The molecule has 101 heavy (non-hydrogen) atoms. The summed E-state index contributed by atoms with van der Waals surface area (Å²) in [5.41, 5.74) is 12.2. The predicted molar refractivity (Wildman–Crippen MR) is 423 cm³/mol. The van der Waals surface area contributed by atoms with Gasteiger partial charge >= 0.3 is 11.9 Å². The molecule has 20 nitrogen and oxygen atoms in total. The fourth-order valence-corrected chi connectivity index (χ4v) is 11.0. The molecule has 7 aromatic carbocycles. The molecule has 0 aliphatic rings. The Morgan fingerprint density at radius 2 is 0.842 bits per heavy atom. The van der Waals surface area contributed by atoms with Gasteiger partial charge in [-0.2, -0.15) is 0 Å². The van der Waals surface area contributed by atoms with E-state index in [0.29, 0.717) is 108 Å². The Balaban J connectivity index is 0.000000303. The van der Waals surface area contributed by atoms with E-state index in [0.717, 1.165) is 38.5 Å². The summed E-state index contributed by atoms with van der Waals surface area (Å²) in [5, 5.41) is 38.0. The number of methoxy groups -OCH3 is 6. The SMILES string of the molecule is CC(C)(C)OC(=O)CCCNC(=O)/C=C/c1ccccc1I.COc1ccc(/C=C(/C(=O)CCCNC(=O)/C=C/c2ccccc2I)c2cc(C)c(OC)c(OC)c2)cc1O.COc1ccc(/C=C(/C(=O)O)c2cc(C)c(OC)c(OC)c2)cc1O.NCCNC(=O)/C=C/c1ccccc1I. The van der Waals surface area contributed by atoms with Crippen LogP contribution in [0.15, 0.2) is 152 Å². The molecule has 0 heterocycles. The van der Waals surface area contributed by atoms with Crippen LogP contribution in [-0.4, -0.2) is 125 Å². The topological polar surface area (TPSA) is 290 Å². The maximum absolute atomic E-state index is 13.5. The molecule has 0 saturated heterocycles. The number of rotatable bonds is 28. The number of allylic oxidation sites excluding steroid dienone is 1. The van der Waals surface area contributed by atoms with Gasteiger partial charge in [0, 0.05) is 73.5 Å². The second kappa shape index (κ2) is 44.1. The van der Waals surface area contributed by atoms with E-state index in [1.54, 1.807) is 87.1 Å². The van der Waals surface area contributed by atoms with Crippen molar-refractivity contribution in [1.29, 1.82) is 0 Å². The lowest BCUT2D eigenvalue weighted by atomic mass is 9.94. The van der Waals surface area contributed by atoms with Crippen molar-refractivity contribution in [2.24, 2.45) is 5.73 Å². The molecular weight excluding hydrogens is 1630 g/mol. The molecule has 0 bridgehead atoms. The Kier molecular flexibility index (Phi) is 36.8. The zero-order chi connectivity index (χ0) is 74.6. The maximum atomic E-state index is 13.5. The van der Waals surface area contributed by atoms with Crippen molar-refractivity contribution < 1.29 is 77.2 Å². The molecule has 0 aliphatic carbocycles. The highest BCUT2D eigenvalue weighted by atomic mass is 127. The summed E-state index contributed by atoms with van der Waals surface area (Å²) >= 11 is 6.68. The van der Waals surface area contributed by atoms with Crippen LogP contribution in [0.5, 0.6) is 46.0 Å². The van der Waals surface area contributed by atoms with Gasteiger partial charge in [-0.3, -0.25) is 24.0 Å². The molecule has 0 atom stereocenters. The van der Waals surface area contributed by atoms with Crippen molar-refractivity contribution in [2.45, 2.75) is 65.9 Å². The number of carbonyl (C=O) groups is 6. The number of nitrogens with one attached hydrogen (secondary N) is 3. The van der Waals surface area contributed by atoms with Gasteiger partial charge in [0.05, 0.1) is 48.2 Å². The molecule has 0 aliphatic heterocycles. The number of amides is 3. The summed E-state index contributed by atoms with van der Waals surface area (Å²) < 4.78 is 40.1. The number of aliphatic carboxylic acids is 1. The van der Waals surface area contributed by atoms with Crippen molar-refractivity contribution >= 4 is 145 Å². The molecule has 0 fully saturated rings. The van der Waals surface area contributed by atoms with E-state index in [-0.39, 0.29) is 53.0 Å². The number of carboxylic acids is 1. The third kappa shape index (κ3) is 29.5. The number of ether oxygens (including phenoxy) is 7. The van der Waals surface area contributed by atoms with Gasteiger partial charge in [-0.05, 0) is 262 Å². The minimum Gasteiger partial charge on any atom is -0.504 e. The third-order valence-electron chi connectivity index (χ3n) is 14.1. The smallest absolute Gasteiger partial charge is 0.336 e. The number of nitrogens with two attached hydrogens (primary N) is 1. The van der Waals surface area contributed by atoms with Gasteiger partial charge in [0.2, 0.25) is 17.7 Å². The Morgan fingerprint density at radius 3 is 1.19 bits per heavy atom.